The number of nitrogens with one attached hydrogen (secondary N) is 2. The Balaban J connectivity index is 2.47. The van der Waals surface area contributed by atoms with Gasteiger partial charge < -0.3 is 30.9 Å². The van der Waals surface area contributed by atoms with Crippen LogP contribution in [-0.2, 0) is 33.4 Å². The number of carboxylic acid groups (broad SMARTS) is 1. The van der Waals surface area contributed by atoms with Crippen molar-refractivity contribution in [2.45, 2.75) is 85.5 Å². The maximum Gasteiger partial charge on any atom is 0.331 e. The molecule has 9 nitrogen and oxygen atoms in total. The van der Waals surface area contributed by atoms with Gasteiger partial charge in [-0.25, -0.2) is 4.79 Å². The van der Waals surface area contributed by atoms with Crippen LogP contribution in [-0.4, -0.2) is 64.6 Å². The van der Waals surface area contributed by atoms with Gasteiger partial charge in [-0.2, -0.15) is 0 Å². The minimum absolute atomic E-state index is 0.0340. The molecule has 1 heterocycles. The maximum atomic E-state index is 14.0. The Morgan fingerprint density at radius 1 is 1.12 bits per heavy atom. The quantitative estimate of drug-likeness (QED) is 0.314. The lowest BCUT2D eigenvalue weighted by atomic mass is 9.76. The molecule has 0 unspecified atom stereocenters. The molecule has 222 valence electrons. The van der Waals surface area contributed by atoms with Gasteiger partial charge in [0.1, 0.15) is 6.04 Å². The van der Waals surface area contributed by atoms with Crippen LogP contribution in [0.3, 0.4) is 0 Å². The van der Waals surface area contributed by atoms with Crippen LogP contribution in [0.15, 0.2) is 36.0 Å². The van der Waals surface area contributed by atoms with Crippen LogP contribution in [0.2, 0.25) is 0 Å². The van der Waals surface area contributed by atoms with Gasteiger partial charge in [0.05, 0.1) is 12.1 Å². The number of carbonyl (C=O) groups is 3. The summed E-state index contributed by atoms with van der Waals surface area (Å²) in [6.45, 7) is 15.6. The molecular formula is C31H49N5O4. The van der Waals surface area contributed by atoms with Crippen molar-refractivity contribution in [2.24, 2.45) is 24.1 Å². The molecule has 2 aromatic rings. The topological polar surface area (TPSA) is 130 Å². The Morgan fingerprint density at radius 2 is 1.73 bits per heavy atom. The number of aliphatic carboxylic acids is 1. The highest BCUT2D eigenvalue weighted by atomic mass is 16.4. The van der Waals surface area contributed by atoms with Crippen molar-refractivity contribution in [3.05, 3.63) is 47.2 Å². The van der Waals surface area contributed by atoms with Crippen LogP contribution < -0.4 is 16.4 Å². The second-order valence-corrected chi connectivity index (χ2v) is 12.8. The van der Waals surface area contributed by atoms with E-state index in [-0.39, 0.29) is 23.3 Å². The number of fused-ring (bicyclic) bond motifs is 1. The van der Waals surface area contributed by atoms with Crippen LogP contribution in [0.1, 0.15) is 66.5 Å². The molecule has 40 heavy (non-hydrogen) atoms. The number of aryl methyl sites for hydroxylation is 1. The molecule has 0 aliphatic heterocycles. The van der Waals surface area contributed by atoms with Gasteiger partial charge in [0, 0.05) is 48.7 Å². The molecule has 0 saturated heterocycles. The second kappa shape index (κ2) is 12.6. The Kier molecular flexibility index (Phi) is 10.4. The molecule has 0 saturated carbocycles. The van der Waals surface area contributed by atoms with E-state index in [4.69, 9.17) is 5.73 Å². The Morgan fingerprint density at radius 3 is 2.20 bits per heavy atom. The lowest BCUT2D eigenvalue weighted by Gasteiger charge is -2.39. The smallest absolute Gasteiger partial charge is 0.331 e. The predicted molar refractivity (Wildman–Crippen MR) is 161 cm³/mol. The molecule has 2 rings (SSSR count). The summed E-state index contributed by atoms with van der Waals surface area (Å²) >= 11 is 0. The second-order valence-electron chi connectivity index (χ2n) is 12.8. The SMILES string of the molecule is CN[C@H](C(=O)N[C@H](C(=O)N(C)[C@H](/C=C(\C)C(=O)O)C(C)C)C(C)(C)C)C(C)(C)c1cn(C)c2ccc(CN)cc12. The van der Waals surface area contributed by atoms with E-state index in [9.17, 15) is 19.5 Å². The molecular weight excluding hydrogens is 506 g/mol. The average Bonchev–Trinajstić information content (AvgIpc) is 3.20. The third-order valence-electron chi connectivity index (χ3n) is 7.89. The van der Waals surface area contributed by atoms with Crippen LogP contribution >= 0.6 is 0 Å². The number of nitrogens with zero attached hydrogens (tertiary/aromatic N) is 2. The average molecular weight is 556 g/mol. The van der Waals surface area contributed by atoms with Crippen LogP contribution in [0.25, 0.3) is 10.9 Å². The van der Waals surface area contributed by atoms with Crippen molar-refractivity contribution in [3.8, 4) is 0 Å². The lowest BCUT2D eigenvalue weighted by Crippen LogP contribution is -2.61. The zero-order chi connectivity index (χ0) is 30.7. The highest BCUT2D eigenvalue weighted by molar-refractivity contribution is 5.93. The van der Waals surface area contributed by atoms with E-state index in [0.717, 1.165) is 22.0 Å². The minimum Gasteiger partial charge on any atom is -0.478 e. The van der Waals surface area contributed by atoms with Gasteiger partial charge in [-0.1, -0.05) is 60.6 Å². The van der Waals surface area contributed by atoms with Gasteiger partial charge in [-0.3, -0.25) is 9.59 Å². The van der Waals surface area contributed by atoms with E-state index >= 15 is 0 Å². The zero-order valence-corrected chi connectivity index (χ0v) is 26.0. The largest absolute Gasteiger partial charge is 0.478 e. The highest BCUT2D eigenvalue weighted by Crippen LogP contribution is 2.35. The first-order valence-corrected chi connectivity index (χ1v) is 13.8. The zero-order valence-electron chi connectivity index (χ0n) is 26.0. The number of amides is 2. The number of rotatable bonds is 11. The summed E-state index contributed by atoms with van der Waals surface area (Å²) in [5.41, 5.74) is 7.89. The van der Waals surface area contributed by atoms with Crippen molar-refractivity contribution in [2.75, 3.05) is 14.1 Å². The fourth-order valence-electron chi connectivity index (χ4n) is 5.36. The highest BCUT2D eigenvalue weighted by Gasteiger charge is 2.42. The number of hydrogen-bond donors (Lipinski definition) is 4. The summed E-state index contributed by atoms with van der Waals surface area (Å²) in [7, 11) is 5.39. The van der Waals surface area contributed by atoms with Gasteiger partial charge >= 0.3 is 5.97 Å². The standard InChI is InChI=1S/C31H49N5O4/c1-18(2)24(14-19(3)29(39)40)36(11)28(38)26(30(4,5)6)34-27(37)25(33-9)31(7,8)22-17-35(10)23-13-12-20(16-32)15-21(22)23/h12-15,17-18,24-26,33H,16,32H2,1-11H3,(H,34,37)(H,39,40)/b19-14+/t24-,25-,26-/m1/s1. The van der Waals surface area contributed by atoms with Crippen molar-refractivity contribution < 1.29 is 19.5 Å². The number of hydrogen-bond acceptors (Lipinski definition) is 5. The normalized spacial score (nSPS) is 15.2. The van der Waals surface area contributed by atoms with E-state index in [2.05, 4.69) is 16.7 Å². The molecule has 0 spiro atoms. The van der Waals surface area contributed by atoms with Crippen LogP contribution in [0.4, 0.5) is 0 Å². The third kappa shape index (κ3) is 6.93. The number of likely N-dealkylation sites (N-methyl/N-ethyl adjacent to an activating group) is 2. The Bertz CT molecular complexity index is 1270. The number of benzene rings is 1. The molecule has 0 aliphatic rings. The van der Waals surface area contributed by atoms with Crippen molar-refractivity contribution in [1.82, 2.24) is 20.1 Å². The summed E-state index contributed by atoms with van der Waals surface area (Å²) in [6.07, 6.45) is 3.65. The Hall–Kier alpha value is -3.17. The van der Waals surface area contributed by atoms with Crippen LogP contribution in [0, 0.1) is 11.3 Å². The van der Waals surface area contributed by atoms with E-state index in [1.165, 1.54) is 6.92 Å². The molecule has 1 aromatic carbocycles. The molecule has 0 bridgehead atoms. The van der Waals surface area contributed by atoms with Crippen molar-refractivity contribution >= 4 is 28.7 Å². The first-order valence-electron chi connectivity index (χ1n) is 13.8. The van der Waals surface area contributed by atoms with Gasteiger partial charge in [0.25, 0.3) is 0 Å². The maximum absolute atomic E-state index is 14.0. The van der Waals surface area contributed by atoms with Gasteiger partial charge in [-0.05, 0) is 48.6 Å². The van der Waals surface area contributed by atoms with E-state index in [1.807, 2.05) is 78.4 Å². The first kappa shape index (κ1) is 33.0. The number of carbonyl (C=O) groups excluding carboxylic acids is 2. The molecule has 3 atom stereocenters. The first-order chi connectivity index (χ1) is 18.4. The fourth-order valence-corrected chi connectivity index (χ4v) is 5.36. The molecule has 1 aromatic heterocycles. The van der Waals surface area contributed by atoms with E-state index < -0.39 is 34.9 Å². The monoisotopic (exact) mass is 555 g/mol. The lowest BCUT2D eigenvalue weighted by molar-refractivity contribution is -0.141. The van der Waals surface area contributed by atoms with E-state index in [0.29, 0.717) is 6.54 Å². The third-order valence-corrected chi connectivity index (χ3v) is 7.89. The van der Waals surface area contributed by atoms with Crippen molar-refractivity contribution in [1.29, 1.82) is 0 Å². The van der Waals surface area contributed by atoms with Gasteiger partial charge in [0.15, 0.2) is 0 Å². The summed E-state index contributed by atoms with van der Waals surface area (Å²) in [6, 6.07) is 4.18. The molecule has 0 fully saturated rings. The molecule has 5 N–H and O–H groups in total. The summed E-state index contributed by atoms with van der Waals surface area (Å²) < 4.78 is 2.05. The van der Waals surface area contributed by atoms with Gasteiger partial charge in [-0.15, -0.1) is 0 Å². The Labute approximate surface area is 239 Å². The van der Waals surface area contributed by atoms with Gasteiger partial charge in [0.2, 0.25) is 11.8 Å². The number of carboxylic acids is 1. The van der Waals surface area contributed by atoms with Crippen molar-refractivity contribution in [3.63, 3.8) is 0 Å². The molecule has 9 heteroatoms. The fraction of sp³-hybridized carbons (Fsp3) is 0.581. The summed E-state index contributed by atoms with van der Waals surface area (Å²) in [5, 5.41) is 16.7. The minimum atomic E-state index is -1.03. The van der Waals surface area contributed by atoms with Crippen LogP contribution in [0.5, 0.6) is 0 Å². The predicted octanol–water partition coefficient (Wildman–Crippen LogP) is 3.55. The summed E-state index contributed by atoms with van der Waals surface area (Å²) in [5.74, 6) is -1.63. The molecule has 0 radical (unpaired) electrons. The van der Waals surface area contributed by atoms with E-state index in [1.54, 1.807) is 25.1 Å². The number of aromatic nitrogens is 1. The molecule has 0 aliphatic carbocycles. The number of nitrogens with two attached hydrogens (primary N) is 1. The summed E-state index contributed by atoms with van der Waals surface area (Å²) in [4.78, 5) is 40.9. The molecule has 2 amide bonds.